The van der Waals surface area contributed by atoms with Crippen LogP contribution < -0.4 is 5.57 Å². The van der Waals surface area contributed by atoms with Crippen LogP contribution in [0.3, 0.4) is 0 Å². The molecule has 0 fully saturated rings. The molecule has 0 saturated heterocycles. The van der Waals surface area contributed by atoms with Crippen molar-refractivity contribution in [3.05, 3.63) is 12.4 Å². The lowest BCUT2D eigenvalue weighted by Gasteiger charge is -1.92. The van der Waals surface area contributed by atoms with Crippen LogP contribution in [0, 0.1) is 0 Å². The van der Waals surface area contributed by atoms with Gasteiger partial charge < -0.3 is 4.57 Å². The highest BCUT2D eigenvalue weighted by Crippen LogP contribution is 1.98. The average Bonchev–Trinajstić information content (AvgIpc) is 2.14. The number of nitrogens with zero attached hydrogens (tertiary/aromatic N) is 2. The number of aromatic nitrogens is 2. The van der Waals surface area contributed by atoms with E-state index in [1.54, 1.807) is 0 Å². The summed E-state index contributed by atoms with van der Waals surface area (Å²) in [5.41, 5.74) is 1.17. The van der Waals surface area contributed by atoms with Crippen LogP contribution in [0.4, 0.5) is 0 Å². The quantitative estimate of drug-likeness (QED) is 0.499. The zero-order valence-electron chi connectivity index (χ0n) is 5.05. The Morgan fingerprint density at radius 3 is 2.75 bits per heavy atom. The fourth-order valence-electron chi connectivity index (χ4n) is 0.607. The van der Waals surface area contributed by atoms with E-state index in [-0.39, 0.29) is 0 Å². The highest BCUT2D eigenvalue weighted by Gasteiger charge is 1.90. The smallest absolute Gasteiger partial charge is 0.127 e. The predicted molar refractivity (Wildman–Crippen MR) is 37.1 cm³/mol. The first-order valence-corrected chi connectivity index (χ1v) is 3.99. The van der Waals surface area contributed by atoms with Crippen LogP contribution in [0.5, 0.6) is 0 Å². The van der Waals surface area contributed by atoms with Crippen LogP contribution in [0.15, 0.2) is 12.4 Å². The summed E-state index contributed by atoms with van der Waals surface area (Å²) in [6, 6.07) is 0. The summed E-state index contributed by atoms with van der Waals surface area (Å²) in [4.78, 5) is 4.11. The summed E-state index contributed by atoms with van der Waals surface area (Å²) in [6.45, 7) is 2.13. The maximum atomic E-state index is 4.11. The molecule has 2 nitrogen and oxygen atoms in total. The minimum absolute atomic E-state index is 0.805. The second-order valence-electron chi connectivity index (χ2n) is 1.61. The van der Waals surface area contributed by atoms with Gasteiger partial charge in [-0.2, -0.15) is 0 Å². The SMILES string of the molecule is CPc1nccn1C. The van der Waals surface area contributed by atoms with Gasteiger partial charge in [0.15, 0.2) is 0 Å². The molecule has 1 unspecified atom stereocenters. The molecular formula is C5H9N2P. The summed E-state index contributed by atoms with van der Waals surface area (Å²) in [5, 5.41) is 0. The van der Waals surface area contributed by atoms with Crippen molar-refractivity contribution in [3.8, 4) is 0 Å². The summed E-state index contributed by atoms with van der Waals surface area (Å²) in [6.07, 6.45) is 3.79. The lowest BCUT2D eigenvalue weighted by Crippen LogP contribution is -2.07. The molecule has 1 rings (SSSR count). The molecule has 1 aromatic heterocycles. The Bertz CT molecular complexity index is 171. The van der Waals surface area contributed by atoms with Gasteiger partial charge in [-0.05, 0) is 6.66 Å². The van der Waals surface area contributed by atoms with Gasteiger partial charge in [-0.15, -0.1) is 0 Å². The molecule has 1 heterocycles. The highest BCUT2D eigenvalue weighted by molar-refractivity contribution is 7.45. The van der Waals surface area contributed by atoms with Crippen molar-refractivity contribution in [2.45, 2.75) is 0 Å². The van der Waals surface area contributed by atoms with Crippen molar-refractivity contribution in [3.63, 3.8) is 0 Å². The fourth-order valence-corrected chi connectivity index (χ4v) is 1.24. The maximum absolute atomic E-state index is 4.11. The van der Waals surface area contributed by atoms with Crippen LogP contribution in [0.2, 0.25) is 0 Å². The van der Waals surface area contributed by atoms with Gasteiger partial charge in [0.05, 0.1) is 0 Å². The van der Waals surface area contributed by atoms with E-state index in [1.165, 1.54) is 5.57 Å². The third-order valence-corrected chi connectivity index (χ3v) is 1.97. The van der Waals surface area contributed by atoms with Crippen LogP contribution in [-0.2, 0) is 7.05 Å². The third-order valence-electron chi connectivity index (χ3n) is 1.04. The minimum Gasteiger partial charge on any atom is -0.335 e. The van der Waals surface area contributed by atoms with Gasteiger partial charge in [-0.3, -0.25) is 0 Å². The zero-order valence-corrected chi connectivity index (χ0v) is 6.05. The summed E-state index contributed by atoms with van der Waals surface area (Å²) in [5.74, 6) is 0. The Kier molecular flexibility index (Phi) is 1.64. The first kappa shape index (κ1) is 5.77. The Hall–Kier alpha value is -0.360. The van der Waals surface area contributed by atoms with E-state index in [2.05, 4.69) is 11.6 Å². The van der Waals surface area contributed by atoms with Gasteiger partial charge in [0.1, 0.15) is 5.57 Å². The number of aryl methyl sites for hydroxylation is 1. The van der Waals surface area contributed by atoms with Gasteiger partial charge in [-0.1, -0.05) is 8.58 Å². The van der Waals surface area contributed by atoms with Crippen LogP contribution >= 0.6 is 8.58 Å². The fraction of sp³-hybridized carbons (Fsp3) is 0.400. The molecule has 0 radical (unpaired) electrons. The van der Waals surface area contributed by atoms with E-state index in [9.17, 15) is 0 Å². The molecule has 3 heteroatoms. The summed E-state index contributed by atoms with van der Waals surface area (Å²) in [7, 11) is 2.82. The monoisotopic (exact) mass is 128 g/mol. The van der Waals surface area contributed by atoms with E-state index in [1.807, 2.05) is 24.0 Å². The molecule has 44 valence electrons. The Balaban J connectivity index is 2.92. The molecule has 0 aliphatic carbocycles. The van der Waals surface area contributed by atoms with Gasteiger partial charge in [-0.25, -0.2) is 4.98 Å². The number of imidazole rings is 1. The zero-order chi connectivity index (χ0) is 5.98. The lowest BCUT2D eigenvalue weighted by atomic mass is 10.9. The van der Waals surface area contributed by atoms with E-state index in [4.69, 9.17) is 0 Å². The molecule has 0 spiro atoms. The molecule has 0 saturated carbocycles. The molecule has 0 aliphatic rings. The minimum atomic E-state index is 0.805. The molecule has 0 aliphatic heterocycles. The molecular weight excluding hydrogens is 119 g/mol. The summed E-state index contributed by atoms with van der Waals surface area (Å²) >= 11 is 0. The van der Waals surface area contributed by atoms with Gasteiger partial charge >= 0.3 is 0 Å². The Labute approximate surface area is 50.7 Å². The number of rotatable bonds is 1. The Morgan fingerprint density at radius 1 is 1.75 bits per heavy atom. The normalized spacial score (nSPS) is 11.2. The maximum Gasteiger partial charge on any atom is 0.127 e. The van der Waals surface area contributed by atoms with Crippen molar-refractivity contribution < 1.29 is 0 Å². The van der Waals surface area contributed by atoms with Crippen molar-refractivity contribution >= 4 is 14.1 Å². The predicted octanol–water partition coefficient (Wildman–Crippen LogP) is 0.354. The summed E-state index contributed by atoms with van der Waals surface area (Å²) < 4.78 is 2.04. The largest absolute Gasteiger partial charge is 0.335 e. The van der Waals surface area contributed by atoms with Crippen molar-refractivity contribution in [1.29, 1.82) is 0 Å². The molecule has 0 bridgehead atoms. The van der Waals surface area contributed by atoms with Gasteiger partial charge in [0, 0.05) is 19.4 Å². The molecule has 0 N–H and O–H groups in total. The Morgan fingerprint density at radius 2 is 2.50 bits per heavy atom. The van der Waals surface area contributed by atoms with Gasteiger partial charge in [0.2, 0.25) is 0 Å². The second-order valence-corrected chi connectivity index (χ2v) is 2.56. The standard InChI is InChI=1S/C5H9N2P/c1-7-4-3-6-5(7)8-2/h3-4,8H,1-2H3. The van der Waals surface area contributed by atoms with E-state index < -0.39 is 0 Å². The second kappa shape index (κ2) is 2.27. The van der Waals surface area contributed by atoms with Crippen LogP contribution in [0.25, 0.3) is 0 Å². The molecule has 0 amide bonds. The number of hydrogen-bond acceptors (Lipinski definition) is 1. The lowest BCUT2D eigenvalue weighted by molar-refractivity contribution is 0.953. The highest BCUT2D eigenvalue weighted by atomic mass is 31.1. The van der Waals surface area contributed by atoms with Crippen molar-refractivity contribution in [2.75, 3.05) is 6.66 Å². The molecule has 1 aromatic rings. The average molecular weight is 128 g/mol. The van der Waals surface area contributed by atoms with Crippen molar-refractivity contribution in [2.24, 2.45) is 7.05 Å². The van der Waals surface area contributed by atoms with Crippen LogP contribution in [0.1, 0.15) is 0 Å². The first-order chi connectivity index (χ1) is 3.84. The molecule has 0 aromatic carbocycles. The first-order valence-electron chi connectivity index (χ1n) is 2.49. The van der Waals surface area contributed by atoms with Crippen LogP contribution in [-0.4, -0.2) is 16.2 Å². The van der Waals surface area contributed by atoms with Gasteiger partial charge in [0.25, 0.3) is 0 Å². The molecule has 8 heavy (non-hydrogen) atoms. The number of hydrogen-bond donors (Lipinski definition) is 0. The third kappa shape index (κ3) is 0.896. The topological polar surface area (TPSA) is 17.8 Å². The van der Waals surface area contributed by atoms with E-state index >= 15 is 0 Å². The van der Waals surface area contributed by atoms with E-state index in [0.717, 1.165) is 8.58 Å². The van der Waals surface area contributed by atoms with E-state index in [0.29, 0.717) is 0 Å². The van der Waals surface area contributed by atoms with Crippen molar-refractivity contribution in [1.82, 2.24) is 9.55 Å². The molecule has 1 atom stereocenters.